The van der Waals surface area contributed by atoms with Crippen LogP contribution in [0.15, 0.2) is 48.5 Å². The fourth-order valence-corrected chi connectivity index (χ4v) is 3.80. The molecule has 8 heteroatoms. The highest BCUT2D eigenvalue weighted by Crippen LogP contribution is 2.41. The Labute approximate surface area is 179 Å². The van der Waals surface area contributed by atoms with Crippen LogP contribution in [0.3, 0.4) is 0 Å². The van der Waals surface area contributed by atoms with E-state index in [1.165, 1.54) is 42.5 Å². The van der Waals surface area contributed by atoms with Crippen LogP contribution >= 0.6 is 12.4 Å². The highest BCUT2D eigenvalue weighted by molar-refractivity contribution is 5.95. The number of hydrogen-bond donors (Lipinski definition) is 1. The van der Waals surface area contributed by atoms with Crippen molar-refractivity contribution in [2.24, 2.45) is 0 Å². The molecule has 3 rings (SSSR count). The Bertz CT molecular complexity index is 847. The zero-order valence-electron chi connectivity index (χ0n) is 16.3. The van der Waals surface area contributed by atoms with Crippen LogP contribution in [0.25, 0.3) is 0 Å². The van der Waals surface area contributed by atoms with Gasteiger partial charge < -0.3 is 10.0 Å². The summed E-state index contributed by atoms with van der Waals surface area (Å²) < 4.78 is 52.8. The molecule has 30 heavy (non-hydrogen) atoms. The standard InChI is InChI=1S/C22H23F4NO2.ClH/c23-17-9-7-16(8-10-17)20(28)6-3-13-27-14-11-21(29,12-15-27)18-4-1-2-5-19(18)22(24,25)26;/h1-2,4-5,7-10,29H,3,6,11-15H2;1H. The van der Waals surface area contributed by atoms with Crippen molar-refractivity contribution in [3.05, 3.63) is 71.0 Å². The second-order valence-corrected chi connectivity index (χ2v) is 7.45. The molecule has 1 fully saturated rings. The molecule has 1 aliphatic heterocycles. The maximum Gasteiger partial charge on any atom is 0.416 e. The van der Waals surface area contributed by atoms with Crippen LogP contribution in [0, 0.1) is 5.82 Å². The largest absolute Gasteiger partial charge is 0.416 e. The van der Waals surface area contributed by atoms with Crippen molar-refractivity contribution in [3.63, 3.8) is 0 Å². The number of nitrogens with zero attached hydrogens (tertiary/aromatic N) is 1. The van der Waals surface area contributed by atoms with Crippen LogP contribution in [0.5, 0.6) is 0 Å². The highest BCUT2D eigenvalue weighted by atomic mass is 35.5. The predicted molar refractivity (Wildman–Crippen MR) is 108 cm³/mol. The van der Waals surface area contributed by atoms with Crippen LogP contribution in [0.4, 0.5) is 17.6 Å². The molecule has 0 atom stereocenters. The monoisotopic (exact) mass is 445 g/mol. The van der Waals surface area contributed by atoms with Crippen molar-refractivity contribution in [3.8, 4) is 0 Å². The van der Waals surface area contributed by atoms with Gasteiger partial charge in [-0.15, -0.1) is 12.4 Å². The quantitative estimate of drug-likeness (QED) is 0.490. The molecule has 164 valence electrons. The van der Waals surface area contributed by atoms with Gasteiger partial charge in [0, 0.05) is 25.1 Å². The molecule has 0 spiro atoms. The Morgan fingerprint density at radius 3 is 2.23 bits per heavy atom. The first-order valence-electron chi connectivity index (χ1n) is 9.59. The summed E-state index contributed by atoms with van der Waals surface area (Å²) in [6.07, 6.45) is -3.21. The number of benzene rings is 2. The van der Waals surface area contributed by atoms with Gasteiger partial charge in [-0.3, -0.25) is 4.79 Å². The van der Waals surface area contributed by atoms with Crippen molar-refractivity contribution in [1.29, 1.82) is 0 Å². The molecule has 0 amide bonds. The van der Waals surface area contributed by atoms with Gasteiger partial charge in [0.15, 0.2) is 5.78 Å². The van der Waals surface area contributed by atoms with Gasteiger partial charge in [0.2, 0.25) is 0 Å². The molecule has 0 unspecified atom stereocenters. The minimum absolute atomic E-state index is 0. The Morgan fingerprint density at radius 1 is 1.03 bits per heavy atom. The lowest BCUT2D eigenvalue weighted by Gasteiger charge is -2.39. The molecule has 0 saturated carbocycles. The van der Waals surface area contributed by atoms with Crippen molar-refractivity contribution >= 4 is 18.2 Å². The van der Waals surface area contributed by atoms with E-state index in [1.807, 2.05) is 4.90 Å². The topological polar surface area (TPSA) is 40.5 Å². The molecule has 0 aromatic heterocycles. The second kappa shape index (κ2) is 9.90. The number of alkyl halides is 3. The van der Waals surface area contributed by atoms with E-state index in [1.54, 1.807) is 0 Å². The normalized spacial score (nSPS) is 16.7. The van der Waals surface area contributed by atoms with Gasteiger partial charge >= 0.3 is 6.18 Å². The minimum atomic E-state index is -4.51. The van der Waals surface area contributed by atoms with Crippen LogP contribution < -0.4 is 0 Å². The Morgan fingerprint density at radius 2 is 1.63 bits per heavy atom. The number of hydrogen-bond acceptors (Lipinski definition) is 3. The summed E-state index contributed by atoms with van der Waals surface area (Å²) >= 11 is 0. The summed E-state index contributed by atoms with van der Waals surface area (Å²) in [5.74, 6) is -0.466. The van der Waals surface area contributed by atoms with E-state index in [9.17, 15) is 27.5 Å². The molecule has 0 radical (unpaired) electrons. The van der Waals surface area contributed by atoms with E-state index in [2.05, 4.69) is 0 Å². The van der Waals surface area contributed by atoms with E-state index >= 15 is 0 Å². The number of carbonyl (C=O) groups excluding carboxylic acids is 1. The predicted octanol–water partition coefficient (Wildman–Crippen LogP) is 5.21. The number of rotatable bonds is 6. The number of halogens is 5. The maximum absolute atomic E-state index is 13.3. The SMILES string of the molecule is Cl.O=C(CCCN1CCC(O)(c2ccccc2C(F)(F)F)CC1)c1ccc(F)cc1. The molecular formula is C22H24ClF4NO2. The molecule has 1 heterocycles. The van der Waals surface area contributed by atoms with E-state index in [4.69, 9.17) is 0 Å². The van der Waals surface area contributed by atoms with Gasteiger partial charge in [0.05, 0.1) is 11.2 Å². The molecule has 2 aromatic carbocycles. The lowest BCUT2D eigenvalue weighted by atomic mass is 9.81. The van der Waals surface area contributed by atoms with Gasteiger partial charge in [-0.05, 0) is 61.7 Å². The fourth-order valence-electron chi connectivity index (χ4n) is 3.80. The van der Waals surface area contributed by atoms with Gasteiger partial charge in [0.25, 0.3) is 0 Å². The first kappa shape index (κ1) is 24.3. The molecule has 1 aliphatic rings. The maximum atomic E-state index is 13.3. The first-order valence-corrected chi connectivity index (χ1v) is 9.59. The molecule has 0 aliphatic carbocycles. The van der Waals surface area contributed by atoms with E-state index in [0.29, 0.717) is 38.0 Å². The van der Waals surface area contributed by atoms with E-state index in [0.717, 1.165) is 6.07 Å². The third kappa shape index (κ3) is 5.80. The highest BCUT2D eigenvalue weighted by Gasteiger charge is 2.42. The number of likely N-dealkylation sites (tertiary alicyclic amines) is 1. The molecule has 2 aromatic rings. The third-order valence-electron chi connectivity index (χ3n) is 5.46. The summed E-state index contributed by atoms with van der Waals surface area (Å²) in [4.78, 5) is 14.2. The third-order valence-corrected chi connectivity index (χ3v) is 5.46. The Balaban J connectivity index is 0.00000320. The lowest BCUT2D eigenvalue weighted by molar-refractivity contribution is -0.141. The second-order valence-electron chi connectivity index (χ2n) is 7.45. The van der Waals surface area contributed by atoms with Gasteiger partial charge in [-0.25, -0.2) is 4.39 Å². The van der Waals surface area contributed by atoms with Crippen molar-refractivity contribution < 1.29 is 27.5 Å². The fraction of sp³-hybridized carbons (Fsp3) is 0.409. The van der Waals surface area contributed by atoms with Gasteiger partial charge in [0.1, 0.15) is 5.82 Å². The number of carbonyl (C=O) groups is 1. The van der Waals surface area contributed by atoms with Crippen LogP contribution in [-0.4, -0.2) is 35.4 Å². The summed E-state index contributed by atoms with van der Waals surface area (Å²) in [5.41, 5.74) is -1.91. The average molecular weight is 446 g/mol. The molecular weight excluding hydrogens is 422 g/mol. The number of aliphatic hydroxyl groups is 1. The Hall–Kier alpha value is -1.96. The number of piperidine rings is 1. The number of ketones is 1. The van der Waals surface area contributed by atoms with Crippen LogP contribution in [0.1, 0.15) is 47.2 Å². The zero-order valence-corrected chi connectivity index (χ0v) is 17.1. The minimum Gasteiger partial charge on any atom is -0.385 e. The van der Waals surface area contributed by atoms with Crippen molar-refractivity contribution in [2.75, 3.05) is 19.6 Å². The van der Waals surface area contributed by atoms with Gasteiger partial charge in [-0.2, -0.15) is 13.2 Å². The van der Waals surface area contributed by atoms with Crippen LogP contribution in [-0.2, 0) is 11.8 Å². The summed E-state index contributed by atoms with van der Waals surface area (Å²) in [6.45, 7) is 1.52. The van der Waals surface area contributed by atoms with E-state index in [-0.39, 0.29) is 36.6 Å². The summed E-state index contributed by atoms with van der Waals surface area (Å²) in [5, 5.41) is 10.9. The number of Topliss-reactive ketones (excluding diaryl/α,β-unsaturated/α-hetero) is 1. The summed E-state index contributed by atoms with van der Waals surface area (Å²) in [6, 6.07) is 10.6. The smallest absolute Gasteiger partial charge is 0.385 e. The summed E-state index contributed by atoms with van der Waals surface area (Å²) in [7, 11) is 0. The molecule has 1 N–H and O–H groups in total. The lowest BCUT2D eigenvalue weighted by Crippen LogP contribution is -2.43. The zero-order chi connectivity index (χ0) is 21.1. The van der Waals surface area contributed by atoms with Crippen molar-refractivity contribution in [1.82, 2.24) is 4.90 Å². The van der Waals surface area contributed by atoms with E-state index < -0.39 is 23.2 Å². The first-order chi connectivity index (χ1) is 13.7. The molecule has 3 nitrogen and oxygen atoms in total. The molecule has 1 saturated heterocycles. The van der Waals surface area contributed by atoms with Crippen molar-refractivity contribution in [2.45, 2.75) is 37.5 Å². The molecule has 0 bridgehead atoms. The van der Waals surface area contributed by atoms with Crippen LogP contribution in [0.2, 0.25) is 0 Å². The Kier molecular flexibility index (Phi) is 8.02. The van der Waals surface area contributed by atoms with Gasteiger partial charge in [-0.1, -0.05) is 18.2 Å². The average Bonchev–Trinajstić information content (AvgIpc) is 2.69.